The zero-order chi connectivity index (χ0) is 19.7. The summed E-state index contributed by atoms with van der Waals surface area (Å²) < 4.78 is 1.15. The van der Waals surface area contributed by atoms with Gasteiger partial charge >= 0.3 is 0 Å². The highest BCUT2D eigenvalue weighted by molar-refractivity contribution is 7.17. The van der Waals surface area contributed by atoms with Gasteiger partial charge in [0.2, 0.25) is 0 Å². The van der Waals surface area contributed by atoms with Crippen molar-refractivity contribution in [3.63, 3.8) is 0 Å². The average molecular weight is 392 g/mol. The number of H-pyrrole nitrogens is 1. The van der Waals surface area contributed by atoms with E-state index < -0.39 is 0 Å². The van der Waals surface area contributed by atoms with Gasteiger partial charge in [-0.2, -0.15) is 5.10 Å². The number of aryl methyl sites for hydroxylation is 1. The molecule has 2 aromatic carbocycles. The van der Waals surface area contributed by atoms with Crippen molar-refractivity contribution in [2.75, 3.05) is 6.54 Å². The summed E-state index contributed by atoms with van der Waals surface area (Å²) in [6, 6.07) is 12.8. The van der Waals surface area contributed by atoms with Crippen LogP contribution in [-0.4, -0.2) is 34.6 Å². The van der Waals surface area contributed by atoms with Crippen molar-refractivity contribution >= 4 is 44.1 Å². The summed E-state index contributed by atoms with van der Waals surface area (Å²) in [5.74, 6) is -0.325. The Kier molecular flexibility index (Phi) is 4.83. The molecule has 0 aliphatic carbocycles. The molecule has 4 aromatic rings. The number of aromatic amines is 1. The van der Waals surface area contributed by atoms with Crippen LogP contribution in [0, 0.1) is 6.92 Å². The van der Waals surface area contributed by atoms with Gasteiger partial charge in [-0.25, -0.2) is 0 Å². The lowest BCUT2D eigenvalue weighted by Gasteiger charge is -2.15. The molecule has 3 N–H and O–H groups in total. The van der Waals surface area contributed by atoms with E-state index in [1.807, 2.05) is 55.6 Å². The Morgan fingerprint density at radius 1 is 1.11 bits per heavy atom. The summed E-state index contributed by atoms with van der Waals surface area (Å²) in [5.41, 5.74) is 2.94. The second-order valence-corrected chi connectivity index (χ2v) is 7.79. The molecular weight excluding hydrogens is 372 g/mol. The number of hydrogen-bond donors (Lipinski definition) is 3. The maximum atomic E-state index is 12.5. The van der Waals surface area contributed by atoms with Gasteiger partial charge < -0.3 is 10.6 Å². The minimum absolute atomic E-state index is 0.148. The van der Waals surface area contributed by atoms with Crippen LogP contribution in [0.3, 0.4) is 0 Å². The lowest BCUT2D eigenvalue weighted by atomic mass is 10.1. The second-order valence-electron chi connectivity index (χ2n) is 6.84. The van der Waals surface area contributed by atoms with E-state index in [1.165, 1.54) is 0 Å². The summed E-state index contributed by atoms with van der Waals surface area (Å²) in [6.07, 6.45) is 0. The van der Waals surface area contributed by atoms with Crippen LogP contribution >= 0.6 is 11.3 Å². The molecule has 0 fully saturated rings. The minimum Gasteiger partial charge on any atom is -0.350 e. The third kappa shape index (κ3) is 3.61. The highest BCUT2D eigenvalue weighted by Gasteiger charge is 2.13. The van der Waals surface area contributed by atoms with E-state index in [0.29, 0.717) is 17.7 Å². The van der Waals surface area contributed by atoms with E-state index in [0.717, 1.165) is 26.7 Å². The van der Waals surface area contributed by atoms with Crippen molar-refractivity contribution in [2.24, 2.45) is 0 Å². The number of benzene rings is 2. The third-order valence-corrected chi connectivity index (χ3v) is 5.57. The fourth-order valence-corrected chi connectivity index (χ4v) is 3.86. The molecule has 0 aliphatic heterocycles. The average Bonchev–Trinajstić information content (AvgIpc) is 3.31. The van der Waals surface area contributed by atoms with Gasteiger partial charge in [-0.05, 0) is 67.1 Å². The van der Waals surface area contributed by atoms with Gasteiger partial charge in [-0.1, -0.05) is 0 Å². The van der Waals surface area contributed by atoms with Crippen LogP contribution < -0.4 is 10.6 Å². The Bertz CT molecular complexity index is 1180. The van der Waals surface area contributed by atoms with Crippen LogP contribution in [-0.2, 0) is 0 Å². The van der Waals surface area contributed by atoms with E-state index in [9.17, 15) is 9.59 Å². The van der Waals surface area contributed by atoms with Crippen molar-refractivity contribution in [2.45, 2.75) is 19.9 Å². The van der Waals surface area contributed by atoms with Crippen LogP contribution in [0.5, 0.6) is 0 Å². The summed E-state index contributed by atoms with van der Waals surface area (Å²) in [5, 5.41) is 16.9. The number of fused-ring (bicyclic) bond motifs is 2. The predicted octanol–water partition coefficient (Wildman–Crippen LogP) is 3.63. The van der Waals surface area contributed by atoms with Crippen LogP contribution in [0.1, 0.15) is 33.3 Å². The number of nitrogens with zero attached hydrogens (tertiary/aromatic N) is 1. The number of amides is 2. The normalized spacial score (nSPS) is 12.2. The quantitative estimate of drug-likeness (QED) is 0.485. The first kappa shape index (κ1) is 18.2. The smallest absolute Gasteiger partial charge is 0.251 e. The van der Waals surface area contributed by atoms with E-state index in [4.69, 9.17) is 0 Å². The highest BCUT2D eigenvalue weighted by Crippen LogP contribution is 2.21. The first-order chi connectivity index (χ1) is 13.5. The standard InChI is InChI=1S/C21H20N4O2S/c1-12(11-22-20(26)15-4-6-19-14(9-15)7-8-28-19)23-21(27)16-3-5-18-17(10-16)13(2)24-25-18/h3-10,12H,11H2,1-2H3,(H,22,26)(H,23,27)(H,24,25)/t12-/m0/s1. The molecule has 2 amide bonds. The molecule has 0 unspecified atom stereocenters. The SMILES string of the molecule is Cc1[nH]nc2ccc(C(=O)N[C@@H](C)CNC(=O)c3ccc4sccc4c3)cc12. The largest absolute Gasteiger partial charge is 0.350 e. The van der Waals surface area contributed by atoms with E-state index >= 15 is 0 Å². The molecule has 0 radical (unpaired) electrons. The van der Waals surface area contributed by atoms with Crippen molar-refractivity contribution in [3.05, 3.63) is 64.7 Å². The molecule has 6 nitrogen and oxygen atoms in total. The minimum atomic E-state index is -0.206. The number of carbonyl (C=O) groups is 2. The van der Waals surface area contributed by atoms with Crippen LogP contribution in [0.15, 0.2) is 47.8 Å². The Balaban J connectivity index is 1.36. The zero-order valence-corrected chi connectivity index (χ0v) is 16.4. The Morgan fingerprint density at radius 3 is 2.75 bits per heavy atom. The maximum absolute atomic E-state index is 12.5. The Hall–Kier alpha value is -3.19. The third-order valence-electron chi connectivity index (χ3n) is 4.67. The zero-order valence-electron chi connectivity index (χ0n) is 15.6. The number of thiophene rings is 1. The highest BCUT2D eigenvalue weighted by atomic mass is 32.1. The molecule has 0 aliphatic rings. The Morgan fingerprint density at radius 2 is 1.89 bits per heavy atom. The van der Waals surface area contributed by atoms with Gasteiger partial charge in [0.25, 0.3) is 11.8 Å². The molecule has 142 valence electrons. The molecule has 4 rings (SSSR count). The monoisotopic (exact) mass is 392 g/mol. The number of nitrogens with one attached hydrogen (secondary N) is 3. The van der Waals surface area contributed by atoms with Crippen molar-refractivity contribution in [3.8, 4) is 0 Å². The molecule has 0 spiro atoms. The second kappa shape index (κ2) is 7.44. The van der Waals surface area contributed by atoms with Crippen molar-refractivity contribution in [1.82, 2.24) is 20.8 Å². The summed E-state index contributed by atoms with van der Waals surface area (Å²) in [6.45, 7) is 4.13. The molecule has 0 saturated carbocycles. The lowest BCUT2D eigenvalue weighted by Crippen LogP contribution is -2.41. The van der Waals surface area contributed by atoms with Gasteiger partial charge in [0.1, 0.15) is 0 Å². The molecule has 0 saturated heterocycles. The first-order valence-electron chi connectivity index (χ1n) is 9.02. The molecular formula is C21H20N4O2S. The van der Waals surface area contributed by atoms with Crippen LogP contribution in [0.25, 0.3) is 21.0 Å². The number of hydrogen-bond acceptors (Lipinski definition) is 4. The Labute approximate surface area is 166 Å². The van der Waals surface area contributed by atoms with E-state index in [2.05, 4.69) is 20.8 Å². The number of aromatic nitrogens is 2. The van der Waals surface area contributed by atoms with Gasteiger partial charge in [-0.15, -0.1) is 11.3 Å². The molecule has 2 aromatic heterocycles. The molecule has 1 atom stereocenters. The van der Waals surface area contributed by atoms with Crippen LogP contribution in [0.2, 0.25) is 0 Å². The summed E-state index contributed by atoms with van der Waals surface area (Å²) in [7, 11) is 0. The summed E-state index contributed by atoms with van der Waals surface area (Å²) in [4.78, 5) is 24.9. The number of rotatable bonds is 5. The van der Waals surface area contributed by atoms with Crippen LogP contribution in [0.4, 0.5) is 0 Å². The topological polar surface area (TPSA) is 86.9 Å². The van der Waals surface area contributed by atoms with Gasteiger partial charge in [0.15, 0.2) is 0 Å². The van der Waals surface area contributed by atoms with Crippen molar-refractivity contribution in [1.29, 1.82) is 0 Å². The lowest BCUT2D eigenvalue weighted by molar-refractivity contribution is 0.0912. The molecule has 0 bridgehead atoms. The molecule has 28 heavy (non-hydrogen) atoms. The fourth-order valence-electron chi connectivity index (χ4n) is 3.09. The first-order valence-corrected chi connectivity index (χ1v) is 9.90. The van der Waals surface area contributed by atoms with E-state index in [-0.39, 0.29) is 17.9 Å². The molecule has 2 heterocycles. The van der Waals surface area contributed by atoms with Gasteiger partial charge in [0, 0.05) is 39.5 Å². The van der Waals surface area contributed by atoms with Gasteiger partial charge in [-0.3, -0.25) is 14.7 Å². The fraction of sp³-hybridized carbons (Fsp3) is 0.190. The molecule has 7 heteroatoms. The summed E-state index contributed by atoms with van der Waals surface area (Å²) >= 11 is 1.65. The maximum Gasteiger partial charge on any atom is 0.251 e. The van der Waals surface area contributed by atoms with E-state index in [1.54, 1.807) is 17.4 Å². The van der Waals surface area contributed by atoms with Crippen molar-refractivity contribution < 1.29 is 9.59 Å². The number of carbonyl (C=O) groups excluding carboxylic acids is 2. The van der Waals surface area contributed by atoms with Gasteiger partial charge in [0.05, 0.1) is 5.52 Å². The predicted molar refractivity (Wildman–Crippen MR) is 112 cm³/mol.